The first-order valence-corrected chi connectivity index (χ1v) is 9.77. The molecule has 152 valence electrons. The van der Waals surface area contributed by atoms with E-state index in [1.54, 1.807) is 12.0 Å². The summed E-state index contributed by atoms with van der Waals surface area (Å²) in [5.41, 5.74) is 1.10. The number of nitrogens with zero attached hydrogens (tertiary/aromatic N) is 3. The number of carbonyl (C=O) groups is 1. The van der Waals surface area contributed by atoms with Crippen molar-refractivity contribution in [3.8, 4) is 11.8 Å². The van der Waals surface area contributed by atoms with Gasteiger partial charge in [-0.15, -0.1) is 0 Å². The summed E-state index contributed by atoms with van der Waals surface area (Å²) >= 11 is 0. The third kappa shape index (κ3) is 5.24. The fourth-order valence-corrected chi connectivity index (χ4v) is 3.25. The van der Waals surface area contributed by atoms with Gasteiger partial charge >= 0.3 is 6.09 Å². The van der Waals surface area contributed by atoms with E-state index in [1.165, 1.54) is 0 Å². The molecule has 1 fully saturated rings. The van der Waals surface area contributed by atoms with Gasteiger partial charge in [-0.25, -0.2) is 14.8 Å². The van der Waals surface area contributed by atoms with Crippen LogP contribution in [0.2, 0.25) is 0 Å². The highest BCUT2D eigenvalue weighted by atomic mass is 16.6. The standard InChI is InChI=1S/C21H29N3O4/c1-21(2,3)28-20(25)24-12-9-15(10-13-24)11-14-27-19-18(26-4)22-16-7-5-6-8-17(16)23-19/h5-8,15H,9-14H2,1-4H3. The van der Waals surface area contributed by atoms with Crippen molar-refractivity contribution < 1.29 is 19.0 Å². The van der Waals surface area contributed by atoms with Gasteiger partial charge < -0.3 is 19.1 Å². The van der Waals surface area contributed by atoms with Crippen LogP contribution in [-0.4, -0.2) is 53.4 Å². The minimum absolute atomic E-state index is 0.224. The average molecular weight is 387 g/mol. The summed E-state index contributed by atoms with van der Waals surface area (Å²) in [5.74, 6) is 1.34. The van der Waals surface area contributed by atoms with Crippen molar-refractivity contribution >= 4 is 17.1 Å². The number of para-hydroxylation sites is 2. The number of aromatic nitrogens is 2. The highest BCUT2D eigenvalue weighted by Gasteiger charge is 2.26. The van der Waals surface area contributed by atoms with E-state index < -0.39 is 5.60 Å². The maximum absolute atomic E-state index is 12.1. The quantitative estimate of drug-likeness (QED) is 0.770. The van der Waals surface area contributed by atoms with Crippen molar-refractivity contribution in [2.24, 2.45) is 5.92 Å². The van der Waals surface area contributed by atoms with Gasteiger partial charge in [0.2, 0.25) is 0 Å². The fourth-order valence-electron chi connectivity index (χ4n) is 3.25. The topological polar surface area (TPSA) is 73.8 Å². The molecule has 1 aromatic carbocycles. The number of amides is 1. The second-order valence-electron chi connectivity index (χ2n) is 8.07. The highest BCUT2D eigenvalue weighted by Crippen LogP contribution is 2.27. The van der Waals surface area contributed by atoms with E-state index in [9.17, 15) is 4.79 Å². The molecule has 1 aliphatic rings. The normalized spacial score (nSPS) is 15.5. The summed E-state index contributed by atoms with van der Waals surface area (Å²) in [6.07, 6.45) is 2.57. The smallest absolute Gasteiger partial charge is 0.410 e. The molecule has 0 radical (unpaired) electrons. The second-order valence-corrected chi connectivity index (χ2v) is 8.07. The molecule has 28 heavy (non-hydrogen) atoms. The predicted molar refractivity (Wildman–Crippen MR) is 107 cm³/mol. The number of likely N-dealkylation sites (tertiary alicyclic amines) is 1. The molecular weight excluding hydrogens is 358 g/mol. The lowest BCUT2D eigenvalue weighted by Gasteiger charge is -2.33. The summed E-state index contributed by atoms with van der Waals surface area (Å²) in [4.78, 5) is 22.9. The van der Waals surface area contributed by atoms with Crippen molar-refractivity contribution in [2.75, 3.05) is 26.8 Å². The van der Waals surface area contributed by atoms with Crippen molar-refractivity contribution in [3.05, 3.63) is 24.3 Å². The number of piperidine rings is 1. The molecule has 0 aliphatic carbocycles. The number of fused-ring (bicyclic) bond motifs is 1. The van der Waals surface area contributed by atoms with Gasteiger partial charge in [-0.3, -0.25) is 0 Å². The number of methoxy groups -OCH3 is 1. The first kappa shape index (κ1) is 20.2. The molecule has 0 N–H and O–H groups in total. The molecule has 7 nitrogen and oxygen atoms in total. The van der Waals surface area contributed by atoms with Gasteiger partial charge in [-0.1, -0.05) is 12.1 Å². The van der Waals surface area contributed by atoms with Gasteiger partial charge in [0, 0.05) is 13.1 Å². The van der Waals surface area contributed by atoms with Gasteiger partial charge in [-0.05, 0) is 58.1 Å². The molecule has 0 atom stereocenters. The van der Waals surface area contributed by atoms with Crippen LogP contribution < -0.4 is 9.47 Å². The van der Waals surface area contributed by atoms with Crippen molar-refractivity contribution in [2.45, 2.75) is 45.6 Å². The van der Waals surface area contributed by atoms with E-state index in [0.29, 0.717) is 24.3 Å². The predicted octanol–water partition coefficient (Wildman–Crippen LogP) is 4.05. The van der Waals surface area contributed by atoms with E-state index in [2.05, 4.69) is 9.97 Å². The Balaban J connectivity index is 1.49. The van der Waals surface area contributed by atoms with E-state index >= 15 is 0 Å². The van der Waals surface area contributed by atoms with Gasteiger partial charge in [-0.2, -0.15) is 0 Å². The third-order valence-electron chi connectivity index (χ3n) is 4.73. The Morgan fingerprint density at radius 1 is 1.11 bits per heavy atom. The number of hydrogen-bond donors (Lipinski definition) is 0. The Bertz CT molecular complexity index is 811. The Hall–Kier alpha value is -2.57. The highest BCUT2D eigenvalue weighted by molar-refractivity contribution is 5.75. The number of ether oxygens (including phenoxy) is 3. The summed E-state index contributed by atoms with van der Waals surface area (Å²) in [6.45, 7) is 7.65. The van der Waals surface area contributed by atoms with Crippen molar-refractivity contribution in [3.63, 3.8) is 0 Å². The monoisotopic (exact) mass is 387 g/mol. The van der Waals surface area contributed by atoms with Crippen LogP contribution in [0.1, 0.15) is 40.0 Å². The van der Waals surface area contributed by atoms with Crippen molar-refractivity contribution in [1.82, 2.24) is 14.9 Å². The Labute approximate surface area is 166 Å². The zero-order chi connectivity index (χ0) is 20.1. The first-order valence-electron chi connectivity index (χ1n) is 9.77. The molecule has 3 rings (SSSR count). The van der Waals surface area contributed by atoms with Crippen LogP contribution in [0.4, 0.5) is 4.79 Å². The van der Waals surface area contributed by atoms with Crippen LogP contribution in [0.3, 0.4) is 0 Å². The first-order chi connectivity index (χ1) is 13.4. The third-order valence-corrected chi connectivity index (χ3v) is 4.73. The maximum Gasteiger partial charge on any atom is 0.410 e. The van der Waals surface area contributed by atoms with Crippen LogP contribution in [0, 0.1) is 5.92 Å². The van der Waals surface area contributed by atoms with E-state index in [-0.39, 0.29) is 6.09 Å². The molecule has 2 heterocycles. The lowest BCUT2D eigenvalue weighted by molar-refractivity contribution is 0.0177. The van der Waals surface area contributed by atoms with Crippen molar-refractivity contribution in [1.29, 1.82) is 0 Å². The summed E-state index contributed by atoms with van der Waals surface area (Å²) in [5, 5.41) is 0. The molecule has 0 spiro atoms. The molecule has 1 aromatic heterocycles. The van der Waals surface area contributed by atoms with Gasteiger partial charge in [0.25, 0.3) is 11.8 Å². The van der Waals surface area contributed by atoms with Gasteiger partial charge in [0.05, 0.1) is 24.8 Å². The Morgan fingerprint density at radius 2 is 1.71 bits per heavy atom. The minimum atomic E-state index is -0.457. The maximum atomic E-state index is 12.1. The zero-order valence-corrected chi connectivity index (χ0v) is 17.1. The molecular formula is C21H29N3O4. The summed E-state index contributed by atoms with van der Waals surface area (Å²) in [7, 11) is 1.57. The second kappa shape index (κ2) is 8.63. The molecule has 7 heteroatoms. The van der Waals surface area contributed by atoms with Gasteiger partial charge in [0.1, 0.15) is 5.60 Å². The summed E-state index contributed by atoms with van der Waals surface area (Å²) in [6, 6.07) is 7.64. The lowest BCUT2D eigenvalue weighted by Crippen LogP contribution is -2.41. The number of rotatable bonds is 5. The van der Waals surface area contributed by atoms with E-state index in [4.69, 9.17) is 14.2 Å². The SMILES string of the molecule is COc1nc2ccccc2nc1OCCC1CCN(C(=O)OC(C)(C)C)CC1. The van der Waals surface area contributed by atoms with E-state index in [0.717, 1.165) is 43.4 Å². The van der Waals surface area contributed by atoms with Gasteiger partial charge in [0.15, 0.2) is 0 Å². The average Bonchev–Trinajstić information content (AvgIpc) is 2.66. The van der Waals surface area contributed by atoms with Crippen LogP contribution in [0.5, 0.6) is 11.8 Å². The lowest BCUT2D eigenvalue weighted by atomic mass is 9.94. The fraction of sp³-hybridized carbons (Fsp3) is 0.571. The number of benzene rings is 1. The van der Waals surface area contributed by atoms with Crippen LogP contribution in [0.25, 0.3) is 11.0 Å². The molecule has 1 aliphatic heterocycles. The zero-order valence-electron chi connectivity index (χ0n) is 17.1. The largest absolute Gasteiger partial charge is 0.477 e. The van der Waals surface area contributed by atoms with Crippen LogP contribution in [0.15, 0.2) is 24.3 Å². The molecule has 2 aromatic rings. The molecule has 0 bridgehead atoms. The van der Waals surface area contributed by atoms with E-state index in [1.807, 2.05) is 45.0 Å². The number of hydrogen-bond acceptors (Lipinski definition) is 6. The molecule has 1 amide bonds. The Morgan fingerprint density at radius 3 is 2.29 bits per heavy atom. The van der Waals surface area contributed by atoms with Crippen LogP contribution in [-0.2, 0) is 4.74 Å². The molecule has 0 saturated carbocycles. The molecule has 1 saturated heterocycles. The van der Waals surface area contributed by atoms with Crippen LogP contribution >= 0.6 is 0 Å². The Kier molecular flexibility index (Phi) is 6.21. The molecule has 0 unspecified atom stereocenters. The summed E-state index contributed by atoms with van der Waals surface area (Å²) < 4.78 is 16.6. The minimum Gasteiger partial charge on any atom is -0.477 e. The number of carbonyl (C=O) groups excluding carboxylic acids is 1.